The zero-order valence-electron chi connectivity index (χ0n) is 5.44. The van der Waals surface area contributed by atoms with E-state index in [0.29, 0.717) is 5.02 Å². The lowest BCUT2D eigenvalue weighted by Crippen LogP contribution is -1.80. The van der Waals surface area contributed by atoms with Gasteiger partial charge in [-0.25, -0.2) is 4.98 Å². The third-order valence-corrected chi connectivity index (χ3v) is 3.25. The Kier molecular flexibility index (Phi) is 1.77. The van der Waals surface area contributed by atoms with Crippen LogP contribution in [0.2, 0.25) is 5.02 Å². The third kappa shape index (κ3) is 1.12. The van der Waals surface area contributed by atoms with Gasteiger partial charge in [0.25, 0.3) is 0 Å². The molecule has 0 unspecified atom stereocenters. The van der Waals surface area contributed by atoms with Crippen molar-refractivity contribution in [2.75, 3.05) is 0 Å². The quantitative estimate of drug-likeness (QED) is 0.738. The minimum Gasteiger partial charge on any atom is -0.346 e. The van der Waals surface area contributed by atoms with Crippen LogP contribution in [-0.2, 0) is 0 Å². The topological polar surface area (TPSA) is 28.7 Å². The van der Waals surface area contributed by atoms with Gasteiger partial charge in [0.05, 0.1) is 5.02 Å². The second kappa shape index (κ2) is 2.64. The van der Waals surface area contributed by atoms with Gasteiger partial charge in [-0.3, -0.25) is 0 Å². The molecule has 11 heavy (non-hydrogen) atoms. The van der Waals surface area contributed by atoms with E-state index in [0.717, 1.165) is 14.6 Å². The number of nitrogens with one attached hydrogen (secondary N) is 1. The number of halogens is 2. The van der Waals surface area contributed by atoms with Crippen LogP contribution < -0.4 is 0 Å². The van der Waals surface area contributed by atoms with E-state index in [4.69, 9.17) is 11.6 Å². The van der Waals surface area contributed by atoms with Crippen molar-refractivity contribution >= 4 is 45.2 Å². The lowest BCUT2D eigenvalue weighted by atomic mass is 10.3. The van der Waals surface area contributed by atoms with Crippen molar-refractivity contribution in [3.05, 3.63) is 27.1 Å². The van der Waals surface area contributed by atoms with E-state index >= 15 is 0 Å². The summed E-state index contributed by atoms with van der Waals surface area (Å²) >= 11 is 8.07. The summed E-state index contributed by atoms with van der Waals surface area (Å²) in [5, 5.41) is 1.79. The van der Waals surface area contributed by atoms with Gasteiger partial charge < -0.3 is 4.98 Å². The summed E-state index contributed by atoms with van der Waals surface area (Å²) in [6.45, 7) is 0. The Morgan fingerprint density at radius 2 is 2.36 bits per heavy atom. The zero-order valence-corrected chi connectivity index (χ0v) is 8.35. The van der Waals surface area contributed by atoms with Crippen molar-refractivity contribution in [2.24, 2.45) is 0 Å². The predicted molar refractivity (Wildman–Crippen MR) is 53.8 cm³/mol. The lowest BCUT2D eigenvalue weighted by molar-refractivity contribution is 1.32. The number of hydrogen-bond donors (Lipinski definition) is 1. The van der Waals surface area contributed by atoms with Crippen molar-refractivity contribution in [3.8, 4) is 0 Å². The number of H-pyrrole nitrogens is 1. The van der Waals surface area contributed by atoms with Crippen LogP contribution in [0.25, 0.3) is 11.0 Å². The smallest absolute Gasteiger partial charge is 0.138 e. The molecule has 0 bridgehead atoms. The highest BCUT2D eigenvalue weighted by Gasteiger charge is 2.03. The van der Waals surface area contributed by atoms with Gasteiger partial charge in [-0.05, 0) is 28.7 Å². The van der Waals surface area contributed by atoms with Crippen LogP contribution in [0.15, 0.2) is 18.5 Å². The maximum Gasteiger partial charge on any atom is 0.138 e. The van der Waals surface area contributed by atoms with Crippen molar-refractivity contribution in [1.82, 2.24) is 9.97 Å². The summed E-state index contributed by atoms with van der Waals surface area (Å²) in [5.74, 6) is 0. The van der Waals surface area contributed by atoms with Gasteiger partial charge in [0.15, 0.2) is 0 Å². The van der Waals surface area contributed by atoms with Crippen molar-refractivity contribution in [3.63, 3.8) is 0 Å². The Morgan fingerprint density at radius 3 is 3.18 bits per heavy atom. The van der Waals surface area contributed by atoms with Gasteiger partial charge >= 0.3 is 0 Å². The largest absolute Gasteiger partial charge is 0.346 e. The number of nitrogens with zero attached hydrogens (tertiary/aromatic N) is 1. The Morgan fingerprint density at radius 1 is 1.55 bits per heavy atom. The molecular weight excluding hydrogens is 274 g/mol. The average Bonchev–Trinajstić information content (AvgIpc) is 2.45. The van der Waals surface area contributed by atoms with E-state index in [1.165, 1.54) is 0 Å². The standard InChI is InChI=1S/C7H4ClIN2/c8-5-3-11-7-4(6(5)9)1-2-10-7/h1-3H,(H,10,11). The molecule has 0 aliphatic rings. The molecule has 0 saturated heterocycles. The third-order valence-electron chi connectivity index (χ3n) is 1.48. The van der Waals surface area contributed by atoms with Crippen molar-refractivity contribution in [2.45, 2.75) is 0 Å². The van der Waals surface area contributed by atoms with Gasteiger partial charge in [0.2, 0.25) is 0 Å². The summed E-state index contributed by atoms with van der Waals surface area (Å²) in [6, 6.07) is 1.97. The SMILES string of the molecule is Clc1cnc2[nH]ccc2c1I. The van der Waals surface area contributed by atoms with E-state index < -0.39 is 0 Å². The summed E-state index contributed by atoms with van der Waals surface area (Å²) in [7, 11) is 0. The number of fused-ring (bicyclic) bond motifs is 1. The first-order valence-electron chi connectivity index (χ1n) is 3.06. The molecular formula is C7H4ClIN2. The first kappa shape index (κ1) is 7.36. The number of rotatable bonds is 0. The van der Waals surface area contributed by atoms with Crippen molar-refractivity contribution in [1.29, 1.82) is 0 Å². The first-order chi connectivity index (χ1) is 5.29. The normalized spacial score (nSPS) is 10.7. The number of aromatic amines is 1. The molecule has 0 atom stereocenters. The summed E-state index contributed by atoms with van der Waals surface area (Å²) in [5.41, 5.74) is 0.888. The fourth-order valence-corrected chi connectivity index (χ4v) is 1.68. The Labute approximate surface area is 82.1 Å². The zero-order chi connectivity index (χ0) is 7.84. The van der Waals surface area contributed by atoms with E-state index in [2.05, 4.69) is 32.6 Å². The summed E-state index contributed by atoms with van der Waals surface area (Å²) in [6.07, 6.45) is 3.51. The monoisotopic (exact) mass is 278 g/mol. The molecule has 0 spiro atoms. The first-order valence-corrected chi connectivity index (χ1v) is 4.52. The molecule has 56 valence electrons. The van der Waals surface area contributed by atoms with Gasteiger partial charge in [-0.1, -0.05) is 11.6 Å². The molecule has 0 fully saturated rings. The Bertz CT molecular complexity index is 396. The van der Waals surface area contributed by atoms with Crippen LogP contribution in [0.5, 0.6) is 0 Å². The average molecular weight is 278 g/mol. The van der Waals surface area contributed by atoms with Crippen LogP contribution in [0.3, 0.4) is 0 Å². The van der Waals surface area contributed by atoms with E-state index in [1.807, 2.05) is 12.3 Å². The molecule has 0 aromatic carbocycles. The van der Waals surface area contributed by atoms with E-state index in [1.54, 1.807) is 6.20 Å². The van der Waals surface area contributed by atoms with Gasteiger partial charge in [0.1, 0.15) is 5.65 Å². The number of aromatic nitrogens is 2. The summed E-state index contributed by atoms with van der Waals surface area (Å²) < 4.78 is 1.05. The number of hydrogen-bond acceptors (Lipinski definition) is 1. The van der Waals surface area contributed by atoms with Crippen LogP contribution in [-0.4, -0.2) is 9.97 Å². The van der Waals surface area contributed by atoms with E-state index in [-0.39, 0.29) is 0 Å². The van der Waals surface area contributed by atoms with Crippen LogP contribution >= 0.6 is 34.2 Å². The molecule has 2 aromatic heterocycles. The fourth-order valence-electron chi connectivity index (χ4n) is 0.951. The molecule has 2 heterocycles. The molecule has 0 aliphatic heterocycles. The highest BCUT2D eigenvalue weighted by molar-refractivity contribution is 14.1. The second-order valence-electron chi connectivity index (χ2n) is 2.16. The Balaban J connectivity index is 2.93. The molecule has 0 amide bonds. The predicted octanol–water partition coefficient (Wildman–Crippen LogP) is 2.82. The van der Waals surface area contributed by atoms with Crippen LogP contribution in [0, 0.1) is 3.57 Å². The molecule has 4 heteroatoms. The molecule has 0 saturated carbocycles. The van der Waals surface area contributed by atoms with E-state index in [9.17, 15) is 0 Å². The maximum absolute atomic E-state index is 5.86. The van der Waals surface area contributed by atoms with Gasteiger partial charge in [0, 0.05) is 21.4 Å². The molecule has 0 aliphatic carbocycles. The molecule has 2 aromatic rings. The summed E-state index contributed by atoms with van der Waals surface area (Å²) in [4.78, 5) is 7.12. The molecule has 2 nitrogen and oxygen atoms in total. The van der Waals surface area contributed by atoms with Crippen LogP contribution in [0.1, 0.15) is 0 Å². The Hall–Kier alpha value is -0.290. The molecule has 0 radical (unpaired) electrons. The molecule has 2 rings (SSSR count). The number of pyridine rings is 1. The fraction of sp³-hybridized carbons (Fsp3) is 0. The van der Waals surface area contributed by atoms with Crippen LogP contribution in [0.4, 0.5) is 0 Å². The minimum atomic E-state index is 0.706. The highest BCUT2D eigenvalue weighted by atomic mass is 127. The lowest BCUT2D eigenvalue weighted by Gasteiger charge is -1.94. The second-order valence-corrected chi connectivity index (χ2v) is 3.65. The van der Waals surface area contributed by atoms with Gasteiger partial charge in [-0.2, -0.15) is 0 Å². The highest BCUT2D eigenvalue weighted by Crippen LogP contribution is 2.24. The van der Waals surface area contributed by atoms with Crippen molar-refractivity contribution < 1.29 is 0 Å². The maximum atomic E-state index is 5.86. The molecule has 1 N–H and O–H groups in total. The minimum absolute atomic E-state index is 0.706. The van der Waals surface area contributed by atoms with Gasteiger partial charge in [-0.15, -0.1) is 0 Å².